The van der Waals surface area contributed by atoms with Crippen molar-refractivity contribution in [2.75, 3.05) is 27.2 Å². The SMILES string of the molecule is CNC(=O)CN(C)C(=O)CN[C@H](c1ccc(CC(C)C)cc1)C(C)C. The maximum absolute atomic E-state index is 12.2. The van der Waals surface area contributed by atoms with E-state index >= 15 is 0 Å². The number of hydrogen-bond donors (Lipinski definition) is 2. The summed E-state index contributed by atoms with van der Waals surface area (Å²) >= 11 is 0. The summed E-state index contributed by atoms with van der Waals surface area (Å²) in [7, 11) is 3.21. The number of nitrogens with one attached hydrogen (secondary N) is 2. The van der Waals surface area contributed by atoms with Crippen LogP contribution in [0.2, 0.25) is 0 Å². The van der Waals surface area contributed by atoms with Gasteiger partial charge in [-0.2, -0.15) is 0 Å². The van der Waals surface area contributed by atoms with Gasteiger partial charge in [-0.05, 0) is 29.4 Å². The first-order chi connectivity index (χ1) is 11.7. The molecule has 0 aliphatic heterocycles. The molecule has 0 saturated carbocycles. The van der Waals surface area contributed by atoms with E-state index in [4.69, 9.17) is 0 Å². The molecule has 0 heterocycles. The number of likely N-dealkylation sites (N-methyl/N-ethyl adjacent to an activating group) is 2. The van der Waals surface area contributed by atoms with E-state index in [1.54, 1.807) is 14.1 Å². The molecule has 1 aromatic rings. The van der Waals surface area contributed by atoms with Crippen molar-refractivity contribution in [3.05, 3.63) is 35.4 Å². The topological polar surface area (TPSA) is 61.4 Å². The van der Waals surface area contributed by atoms with Crippen LogP contribution >= 0.6 is 0 Å². The van der Waals surface area contributed by atoms with Crippen LogP contribution in [-0.2, 0) is 16.0 Å². The Balaban J connectivity index is 2.68. The van der Waals surface area contributed by atoms with Gasteiger partial charge < -0.3 is 15.5 Å². The highest BCUT2D eigenvalue weighted by molar-refractivity contribution is 5.85. The lowest BCUT2D eigenvalue weighted by Gasteiger charge is -2.25. The highest BCUT2D eigenvalue weighted by atomic mass is 16.2. The summed E-state index contributed by atoms with van der Waals surface area (Å²) in [5, 5.41) is 5.87. The van der Waals surface area contributed by atoms with Gasteiger partial charge in [0.1, 0.15) is 0 Å². The lowest BCUT2D eigenvalue weighted by atomic mass is 9.93. The second kappa shape index (κ2) is 10.2. The van der Waals surface area contributed by atoms with Crippen LogP contribution in [0.5, 0.6) is 0 Å². The molecule has 0 unspecified atom stereocenters. The quantitative estimate of drug-likeness (QED) is 0.721. The molecule has 1 atom stereocenters. The summed E-state index contributed by atoms with van der Waals surface area (Å²) in [6.07, 6.45) is 1.07. The third kappa shape index (κ3) is 7.26. The van der Waals surface area contributed by atoms with Gasteiger partial charge >= 0.3 is 0 Å². The molecule has 0 fully saturated rings. The third-order valence-electron chi connectivity index (χ3n) is 4.21. The molecule has 2 amide bonds. The van der Waals surface area contributed by atoms with Gasteiger partial charge in [0.15, 0.2) is 0 Å². The van der Waals surface area contributed by atoms with Gasteiger partial charge in [-0.1, -0.05) is 52.0 Å². The van der Waals surface area contributed by atoms with Crippen LogP contribution in [0, 0.1) is 11.8 Å². The average Bonchev–Trinajstić information content (AvgIpc) is 2.55. The molecule has 5 nitrogen and oxygen atoms in total. The van der Waals surface area contributed by atoms with Crippen LogP contribution in [0.15, 0.2) is 24.3 Å². The van der Waals surface area contributed by atoms with Crippen LogP contribution in [0.1, 0.15) is 44.9 Å². The molecule has 140 valence electrons. The van der Waals surface area contributed by atoms with Crippen LogP contribution in [0.3, 0.4) is 0 Å². The Morgan fingerprint density at radius 1 is 1.08 bits per heavy atom. The lowest BCUT2D eigenvalue weighted by Crippen LogP contribution is -2.42. The largest absolute Gasteiger partial charge is 0.358 e. The Morgan fingerprint density at radius 2 is 1.68 bits per heavy atom. The molecule has 0 bridgehead atoms. The van der Waals surface area contributed by atoms with E-state index in [1.807, 2.05) is 0 Å². The van der Waals surface area contributed by atoms with Gasteiger partial charge in [0.05, 0.1) is 13.1 Å². The number of benzene rings is 1. The summed E-state index contributed by atoms with van der Waals surface area (Å²) in [5.41, 5.74) is 2.52. The van der Waals surface area contributed by atoms with Crippen molar-refractivity contribution in [1.82, 2.24) is 15.5 Å². The van der Waals surface area contributed by atoms with Crippen molar-refractivity contribution in [3.8, 4) is 0 Å². The van der Waals surface area contributed by atoms with E-state index < -0.39 is 0 Å². The second-order valence-corrected chi connectivity index (χ2v) is 7.37. The van der Waals surface area contributed by atoms with E-state index in [-0.39, 0.29) is 30.9 Å². The zero-order valence-corrected chi connectivity index (χ0v) is 16.4. The van der Waals surface area contributed by atoms with Crippen LogP contribution in [-0.4, -0.2) is 43.9 Å². The molecular weight excluding hydrogens is 314 g/mol. The second-order valence-electron chi connectivity index (χ2n) is 7.37. The Kier molecular flexibility index (Phi) is 8.62. The van der Waals surface area contributed by atoms with Gasteiger partial charge in [-0.25, -0.2) is 0 Å². The van der Waals surface area contributed by atoms with Crippen molar-refractivity contribution < 1.29 is 9.59 Å². The first kappa shape index (κ1) is 21.2. The highest BCUT2D eigenvalue weighted by Crippen LogP contribution is 2.22. The van der Waals surface area contributed by atoms with Gasteiger partial charge in [0.25, 0.3) is 0 Å². The molecule has 0 saturated heterocycles. The lowest BCUT2D eigenvalue weighted by molar-refractivity contribution is -0.134. The number of amides is 2. The van der Waals surface area contributed by atoms with Crippen LogP contribution in [0.25, 0.3) is 0 Å². The van der Waals surface area contributed by atoms with Crippen molar-refractivity contribution in [2.24, 2.45) is 11.8 Å². The number of hydrogen-bond acceptors (Lipinski definition) is 3. The van der Waals surface area contributed by atoms with Gasteiger partial charge in [-0.3, -0.25) is 9.59 Å². The highest BCUT2D eigenvalue weighted by Gasteiger charge is 2.18. The summed E-state index contributed by atoms with van der Waals surface area (Å²) in [5.74, 6) is 0.731. The fourth-order valence-corrected chi connectivity index (χ4v) is 2.79. The minimum atomic E-state index is -0.169. The smallest absolute Gasteiger partial charge is 0.239 e. The summed E-state index contributed by atoms with van der Waals surface area (Å²) in [4.78, 5) is 25.0. The Bertz CT molecular complexity index is 553. The predicted molar refractivity (Wildman–Crippen MR) is 102 cm³/mol. The van der Waals surface area contributed by atoms with E-state index in [9.17, 15) is 9.59 Å². The van der Waals surface area contributed by atoms with Gasteiger partial charge in [0, 0.05) is 20.1 Å². The monoisotopic (exact) mass is 347 g/mol. The molecule has 0 aliphatic rings. The predicted octanol–water partition coefficient (Wildman–Crippen LogP) is 2.38. The minimum absolute atomic E-state index is 0.0766. The summed E-state index contributed by atoms with van der Waals surface area (Å²) in [6.45, 7) is 8.99. The van der Waals surface area contributed by atoms with Crippen LogP contribution in [0.4, 0.5) is 0 Å². The number of carbonyl (C=O) groups excluding carboxylic acids is 2. The van der Waals surface area contributed by atoms with Crippen molar-refractivity contribution in [2.45, 2.75) is 40.2 Å². The van der Waals surface area contributed by atoms with Crippen molar-refractivity contribution in [3.63, 3.8) is 0 Å². The molecule has 2 N–H and O–H groups in total. The number of rotatable bonds is 9. The van der Waals surface area contributed by atoms with Crippen LogP contribution < -0.4 is 10.6 Å². The first-order valence-corrected chi connectivity index (χ1v) is 9.01. The van der Waals surface area contributed by atoms with Gasteiger partial charge in [0.2, 0.25) is 11.8 Å². The molecule has 5 heteroatoms. The molecular formula is C20H33N3O2. The Labute approximate surface area is 152 Å². The average molecular weight is 348 g/mol. The Morgan fingerprint density at radius 3 is 2.16 bits per heavy atom. The number of nitrogens with zero attached hydrogens (tertiary/aromatic N) is 1. The molecule has 25 heavy (non-hydrogen) atoms. The maximum Gasteiger partial charge on any atom is 0.239 e. The molecule has 0 aliphatic carbocycles. The molecule has 0 spiro atoms. The minimum Gasteiger partial charge on any atom is -0.358 e. The van der Waals surface area contributed by atoms with Crippen molar-refractivity contribution in [1.29, 1.82) is 0 Å². The summed E-state index contributed by atoms with van der Waals surface area (Å²) in [6, 6.07) is 8.74. The van der Waals surface area contributed by atoms with E-state index in [0.717, 1.165) is 6.42 Å². The fraction of sp³-hybridized carbons (Fsp3) is 0.600. The van der Waals surface area contributed by atoms with Gasteiger partial charge in [-0.15, -0.1) is 0 Å². The maximum atomic E-state index is 12.2. The van der Waals surface area contributed by atoms with E-state index in [1.165, 1.54) is 16.0 Å². The molecule has 0 radical (unpaired) electrons. The van der Waals surface area contributed by atoms with Crippen molar-refractivity contribution >= 4 is 11.8 Å². The third-order valence-corrected chi connectivity index (χ3v) is 4.21. The first-order valence-electron chi connectivity index (χ1n) is 9.01. The zero-order valence-electron chi connectivity index (χ0n) is 16.4. The normalized spacial score (nSPS) is 12.3. The molecule has 1 aromatic carbocycles. The van der Waals surface area contributed by atoms with E-state index in [0.29, 0.717) is 11.8 Å². The zero-order chi connectivity index (χ0) is 19.0. The fourth-order valence-electron chi connectivity index (χ4n) is 2.79. The van der Waals surface area contributed by atoms with E-state index in [2.05, 4.69) is 62.6 Å². The number of carbonyl (C=O) groups is 2. The Hall–Kier alpha value is -1.88. The standard InChI is InChI=1S/C20H33N3O2/c1-14(2)11-16-7-9-17(10-8-16)20(15(3)4)22-12-19(25)23(6)13-18(24)21-5/h7-10,14-15,20,22H,11-13H2,1-6H3,(H,21,24)/t20-/m0/s1. The summed E-state index contributed by atoms with van der Waals surface area (Å²) < 4.78 is 0. The molecule has 0 aromatic heterocycles. The molecule has 1 rings (SSSR count).